The van der Waals surface area contributed by atoms with Crippen LogP contribution in [0.4, 0.5) is 15.8 Å². The van der Waals surface area contributed by atoms with Gasteiger partial charge in [-0.1, -0.05) is 13.3 Å². The average Bonchev–Trinajstić information content (AvgIpc) is 2.29. The Bertz CT molecular complexity index is 474. The normalized spacial score (nSPS) is 11.2. The molecule has 6 heteroatoms. The molecule has 96 valence electrons. The lowest BCUT2D eigenvalue weighted by Crippen LogP contribution is -2.17. The van der Waals surface area contributed by atoms with Crippen LogP contribution in [0.15, 0.2) is 18.2 Å². The first kappa shape index (κ1) is 13.8. The lowest BCUT2D eigenvalue weighted by atomic mass is 10.3. The summed E-state index contributed by atoms with van der Waals surface area (Å²) >= 11 is 0. The third-order valence-corrected chi connectivity index (χ3v) is 3.65. The zero-order chi connectivity index (χ0) is 12.9. The second-order valence-electron chi connectivity index (χ2n) is 3.72. The predicted octanol–water partition coefficient (Wildman–Crippen LogP) is 2.41. The molecule has 0 heterocycles. The van der Waals surface area contributed by atoms with Gasteiger partial charge in [-0.2, -0.15) is 0 Å². The second kappa shape index (κ2) is 5.86. The molecule has 0 bridgehead atoms. The van der Waals surface area contributed by atoms with Gasteiger partial charge in [0.25, 0.3) is 0 Å². The summed E-state index contributed by atoms with van der Waals surface area (Å²) in [5.41, 5.74) is 0.583. The highest BCUT2D eigenvalue weighted by molar-refractivity contribution is 7.92. The van der Waals surface area contributed by atoms with Crippen LogP contribution in [0.2, 0.25) is 0 Å². The van der Waals surface area contributed by atoms with Gasteiger partial charge >= 0.3 is 0 Å². The van der Waals surface area contributed by atoms with E-state index in [1.165, 1.54) is 12.1 Å². The lowest BCUT2D eigenvalue weighted by Gasteiger charge is -2.09. The third kappa shape index (κ3) is 4.22. The fraction of sp³-hybridized carbons (Fsp3) is 0.455. The van der Waals surface area contributed by atoms with Gasteiger partial charge in [0.15, 0.2) is 0 Å². The lowest BCUT2D eigenvalue weighted by molar-refractivity contribution is 0.595. The van der Waals surface area contributed by atoms with Crippen molar-refractivity contribution in [1.29, 1.82) is 0 Å². The first-order chi connectivity index (χ1) is 7.98. The molecule has 0 unspecified atom stereocenters. The first-order valence-corrected chi connectivity index (χ1v) is 7.11. The SMILES string of the molecule is CCCCS(=O)(=O)Nc1ccc(NC)cc1F. The first-order valence-electron chi connectivity index (χ1n) is 5.46. The highest BCUT2D eigenvalue weighted by atomic mass is 32.2. The average molecular weight is 260 g/mol. The predicted molar refractivity (Wildman–Crippen MR) is 68.3 cm³/mol. The number of nitrogens with one attached hydrogen (secondary N) is 2. The van der Waals surface area contributed by atoms with Gasteiger partial charge in [-0.05, 0) is 24.6 Å². The van der Waals surface area contributed by atoms with E-state index in [0.717, 1.165) is 6.42 Å². The third-order valence-electron chi connectivity index (χ3n) is 2.29. The van der Waals surface area contributed by atoms with Gasteiger partial charge < -0.3 is 5.32 Å². The molecule has 17 heavy (non-hydrogen) atoms. The summed E-state index contributed by atoms with van der Waals surface area (Å²) < 4.78 is 38.9. The largest absolute Gasteiger partial charge is 0.388 e. The molecule has 0 saturated carbocycles. The van der Waals surface area contributed by atoms with Crippen molar-refractivity contribution in [2.45, 2.75) is 19.8 Å². The van der Waals surface area contributed by atoms with Gasteiger partial charge in [-0.25, -0.2) is 12.8 Å². The molecule has 0 radical (unpaired) electrons. The number of unbranched alkanes of at least 4 members (excludes halogenated alkanes) is 1. The summed E-state index contributed by atoms with van der Waals surface area (Å²) in [7, 11) is -1.78. The minimum Gasteiger partial charge on any atom is -0.388 e. The van der Waals surface area contributed by atoms with Crippen LogP contribution in [0.5, 0.6) is 0 Å². The number of sulfonamides is 1. The van der Waals surface area contributed by atoms with E-state index in [0.29, 0.717) is 12.1 Å². The van der Waals surface area contributed by atoms with Crippen molar-refractivity contribution >= 4 is 21.4 Å². The maximum Gasteiger partial charge on any atom is 0.232 e. The van der Waals surface area contributed by atoms with Crippen LogP contribution in [0.25, 0.3) is 0 Å². The Morgan fingerprint density at radius 2 is 2.06 bits per heavy atom. The number of halogens is 1. The van der Waals surface area contributed by atoms with E-state index in [2.05, 4.69) is 10.0 Å². The Labute approximate surface area is 101 Å². The summed E-state index contributed by atoms with van der Waals surface area (Å²) in [6.45, 7) is 1.90. The van der Waals surface area contributed by atoms with E-state index >= 15 is 0 Å². The van der Waals surface area contributed by atoms with E-state index in [1.807, 2.05) is 6.92 Å². The molecule has 0 fully saturated rings. The zero-order valence-corrected chi connectivity index (χ0v) is 10.8. The summed E-state index contributed by atoms with van der Waals surface area (Å²) in [6.07, 6.45) is 1.34. The van der Waals surface area contributed by atoms with Crippen molar-refractivity contribution in [3.63, 3.8) is 0 Å². The molecule has 0 aliphatic heterocycles. The molecule has 0 aromatic heterocycles. The van der Waals surface area contributed by atoms with E-state index in [4.69, 9.17) is 0 Å². The quantitative estimate of drug-likeness (QED) is 0.825. The van der Waals surface area contributed by atoms with Crippen molar-refractivity contribution in [3.05, 3.63) is 24.0 Å². The van der Waals surface area contributed by atoms with E-state index in [-0.39, 0.29) is 11.4 Å². The summed E-state index contributed by atoms with van der Waals surface area (Å²) in [6, 6.07) is 4.27. The number of hydrogen-bond acceptors (Lipinski definition) is 3. The zero-order valence-electron chi connectivity index (χ0n) is 9.96. The van der Waals surface area contributed by atoms with Crippen LogP contribution in [0, 0.1) is 5.82 Å². The molecule has 4 nitrogen and oxygen atoms in total. The number of anilines is 2. The van der Waals surface area contributed by atoms with Crippen molar-refractivity contribution in [2.24, 2.45) is 0 Å². The van der Waals surface area contributed by atoms with Gasteiger partial charge in [0.1, 0.15) is 5.82 Å². The molecule has 2 N–H and O–H groups in total. The number of benzene rings is 1. The van der Waals surface area contributed by atoms with Crippen LogP contribution in [0.1, 0.15) is 19.8 Å². The van der Waals surface area contributed by atoms with Crippen LogP contribution >= 0.6 is 0 Å². The maximum absolute atomic E-state index is 13.5. The minimum atomic E-state index is -3.45. The number of rotatable bonds is 6. The number of hydrogen-bond donors (Lipinski definition) is 2. The second-order valence-corrected chi connectivity index (χ2v) is 5.56. The summed E-state index contributed by atoms with van der Waals surface area (Å²) in [5, 5.41) is 2.77. The molecular weight excluding hydrogens is 243 g/mol. The van der Waals surface area contributed by atoms with Crippen LogP contribution in [0.3, 0.4) is 0 Å². The van der Waals surface area contributed by atoms with Crippen molar-refractivity contribution in [1.82, 2.24) is 0 Å². The van der Waals surface area contributed by atoms with Crippen molar-refractivity contribution in [3.8, 4) is 0 Å². The van der Waals surface area contributed by atoms with E-state index in [9.17, 15) is 12.8 Å². The minimum absolute atomic E-state index is 0.0106. The molecule has 0 atom stereocenters. The fourth-order valence-corrected chi connectivity index (χ4v) is 2.58. The fourth-order valence-electron chi connectivity index (χ4n) is 1.31. The van der Waals surface area contributed by atoms with Crippen molar-refractivity contribution in [2.75, 3.05) is 22.8 Å². The smallest absolute Gasteiger partial charge is 0.232 e. The molecule has 1 aromatic rings. The monoisotopic (exact) mass is 260 g/mol. The van der Waals surface area contributed by atoms with Crippen LogP contribution < -0.4 is 10.0 Å². The van der Waals surface area contributed by atoms with Crippen LogP contribution in [-0.2, 0) is 10.0 Å². The van der Waals surface area contributed by atoms with Crippen LogP contribution in [-0.4, -0.2) is 21.2 Å². The Morgan fingerprint density at radius 3 is 2.59 bits per heavy atom. The Balaban J connectivity index is 2.81. The molecule has 0 saturated heterocycles. The van der Waals surface area contributed by atoms with Crippen molar-refractivity contribution < 1.29 is 12.8 Å². The molecule has 0 spiro atoms. The van der Waals surface area contributed by atoms with Gasteiger partial charge in [-0.3, -0.25) is 4.72 Å². The molecule has 0 amide bonds. The van der Waals surface area contributed by atoms with Gasteiger partial charge in [0.2, 0.25) is 10.0 Å². The topological polar surface area (TPSA) is 58.2 Å². The Morgan fingerprint density at radius 1 is 1.35 bits per heavy atom. The van der Waals surface area contributed by atoms with E-state index < -0.39 is 15.8 Å². The molecular formula is C11H17FN2O2S. The van der Waals surface area contributed by atoms with Gasteiger partial charge in [0, 0.05) is 12.7 Å². The van der Waals surface area contributed by atoms with Gasteiger partial charge in [-0.15, -0.1) is 0 Å². The molecule has 0 aliphatic carbocycles. The Kier molecular flexibility index (Phi) is 4.74. The molecule has 1 aromatic carbocycles. The summed E-state index contributed by atoms with van der Waals surface area (Å²) in [4.78, 5) is 0. The highest BCUT2D eigenvalue weighted by Gasteiger charge is 2.12. The molecule has 1 rings (SSSR count). The molecule has 0 aliphatic rings. The summed E-state index contributed by atoms with van der Waals surface area (Å²) in [5.74, 6) is -0.576. The standard InChI is InChI=1S/C11H17FN2O2S/c1-3-4-7-17(15,16)14-11-6-5-9(13-2)8-10(11)12/h5-6,8,13-14H,3-4,7H2,1-2H3. The van der Waals surface area contributed by atoms with E-state index in [1.54, 1.807) is 13.1 Å². The van der Waals surface area contributed by atoms with Gasteiger partial charge in [0.05, 0.1) is 11.4 Å². The highest BCUT2D eigenvalue weighted by Crippen LogP contribution is 2.19. The maximum atomic E-state index is 13.5. The Hall–Kier alpha value is -1.30.